The van der Waals surface area contributed by atoms with Gasteiger partial charge >= 0.3 is 0 Å². The Bertz CT molecular complexity index is 760. The summed E-state index contributed by atoms with van der Waals surface area (Å²) in [6.45, 7) is 2.11. The van der Waals surface area contributed by atoms with Crippen molar-refractivity contribution in [3.8, 4) is 0 Å². The van der Waals surface area contributed by atoms with Crippen molar-refractivity contribution in [3.63, 3.8) is 0 Å². The SMILES string of the molecule is C[C@H](NCP(=O)(c1ccccc1)c1ccccc1)c1ccccc1. The van der Waals surface area contributed by atoms with Crippen LogP contribution in [0.1, 0.15) is 18.5 Å². The first-order chi connectivity index (χ1) is 11.7. The zero-order valence-corrected chi connectivity index (χ0v) is 14.7. The first kappa shape index (κ1) is 16.7. The second kappa shape index (κ2) is 7.61. The summed E-state index contributed by atoms with van der Waals surface area (Å²) in [6, 6.07) is 30.0. The van der Waals surface area contributed by atoms with E-state index in [2.05, 4.69) is 24.4 Å². The van der Waals surface area contributed by atoms with E-state index in [9.17, 15) is 4.57 Å². The van der Waals surface area contributed by atoms with E-state index in [0.717, 1.165) is 10.6 Å². The molecule has 3 heteroatoms. The Labute approximate surface area is 143 Å². The smallest absolute Gasteiger partial charge is 0.156 e. The van der Waals surface area contributed by atoms with Crippen LogP contribution in [-0.2, 0) is 4.57 Å². The highest BCUT2D eigenvalue weighted by molar-refractivity contribution is 7.78. The maximum absolute atomic E-state index is 13.9. The highest BCUT2D eigenvalue weighted by Crippen LogP contribution is 2.42. The summed E-state index contributed by atoms with van der Waals surface area (Å²) in [5, 5.41) is 5.26. The summed E-state index contributed by atoms with van der Waals surface area (Å²) < 4.78 is 13.9. The molecular formula is C21H22NOP. The van der Waals surface area contributed by atoms with Crippen molar-refractivity contribution in [2.75, 3.05) is 6.29 Å². The summed E-state index contributed by atoms with van der Waals surface area (Å²) in [6.07, 6.45) is 0.442. The predicted molar refractivity (Wildman–Crippen MR) is 103 cm³/mol. The van der Waals surface area contributed by atoms with Gasteiger partial charge in [-0.2, -0.15) is 0 Å². The third-order valence-electron chi connectivity index (χ3n) is 4.27. The molecule has 2 nitrogen and oxygen atoms in total. The minimum Gasteiger partial charge on any atom is -0.312 e. The molecule has 0 spiro atoms. The molecule has 0 saturated heterocycles. The predicted octanol–water partition coefficient (Wildman–Crippen LogP) is 4.31. The lowest BCUT2D eigenvalue weighted by Crippen LogP contribution is -2.28. The van der Waals surface area contributed by atoms with Gasteiger partial charge in [0, 0.05) is 16.7 Å². The van der Waals surface area contributed by atoms with E-state index in [1.54, 1.807) is 0 Å². The van der Waals surface area contributed by atoms with E-state index in [0.29, 0.717) is 6.29 Å². The fraction of sp³-hybridized carbons (Fsp3) is 0.143. The highest BCUT2D eigenvalue weighted by atomic mass is 31.2. The molecule has 0 saturated carbocycles. The average molecular weight is 335 g/mol. The van der Waals surface area contributed by atoms with Crippen molar-refractivity contribution >= 4 is 17.8 Å². The van der Waals surface area contributed by atoms with Crippen LogP contribution in [0.4, 0.5) is 0 Å². The number of nitrogens with one attached hydrogen (secondary N) is 1. The van der Waals surface area contributed by atoms with Gasteiger partial charge in [0.2, 0.25) is 0 Å². The summed E-state index contributed by atoms with van der Waals surface area (Å²) in [5.74, 6) is 0. The molecule has 3 rings (SSSR count). The Balaban J connectivity index is 1.88. The van der Waals surface area contributed by atoms with E-state index in [1.807, 2.05) is 78.9 Å². The summed E-state index contributed by atoms with van der Waals surface area (Å²) in [4.78, 5) is 0. The van der Waals surface area contributed by atoms with Crippen LogP contribution in [-0.4, -0.2) is 6.29 Å². The molecule has 0 aliphatic carbocycles. The molecule has 24 heavy (non-hydrogen) atoms. The van der Waals surface area contributed by atoms with Crippen molar-refractivity contribution in [2.24, 2.45) is 0 Å². The van der Waals surface area contributed by atoms with Gasteiger partial charge in [-0.25, -0.2) is 0 Å². The Kier molecular flexibility index (Phi) is 5.30. The van der Waals surface area contributed by atoms with E-state index in [1.165, 1.54) is 5.56 Å². The average Bonchev–Trinajstić information content (AvgIpc) is 2.68. The van der Waals surface area contributed by atoms with Gasteiger partial charge in [-0.15, -0.1) is 0 Å². The van der Waals surface area contributed by atoms with Gasteiger partial charge in [-0.3, -0.25) is 0 Å². The lowest BCUT2D eigenvalue weighted by molar-refractivity contribution is 0.569. The van der Waals surface area contributed by atoms with E-state index < -0.39 is 7.14 Å². The van der Waals surface area contributed by atoms with Crippen LogP contribution in [0.2, 0.25) is 0 Å². The van der Waals surface area contributed by atoms with Gasteiger partial charge < -0.3 is 9.88 Å². The molecular weight excluding hydrogens is 313 g/mol. The fourth-order valence-electron chi connectivity index (χ4n) is 2.79. The number of hydrogen-bond acceptors (Lipinski definition) is 2. The van der Waals surface area contributed by atoms with Crippen LogP contribution in [0.15, 0.2) is 91.0 Å². The Morgan fingerprint density at radius 1 is 0.750 bits per heavy atom. The first-order valence-corrected chi connectivity index (χ1v) is 10.1. The maximum Gasteiger partial charge on any atom is 0.156 e. The molecule has 1 N–H and O–H groups in total. The molecule has 0 unspecified atom stereocenters. The van der Waals surface area contributed by atoms with Crippen LogP contribution in [0.3, 0.4) is 0 Å². The Hall–Kier alpha value is -2.15. The van der Waals surface area contributed by atoms with Crippen LogP contribution in [0, 0.1) is 0 Å². The van der Waals surface area contributed by atoms with Crippen molar-refractivity contribution in [1.82, 2.24) is 5.32 Å². The lowest BCUT2D eigenvalue weighted by atomic mass is 10.1. The molecule has 0 aliphatic rings. The fourth-order valence-corrected chi connectivity index (χ4v) is 5.30. The summed E-state index contributed by atoms with van der Waals surface area (Å²) in [7, 11) is -2.71. The second-order valence-electron chi connectivity index (χ2n) is 5.91. The third kappa shape index (κ3) is 3.67. The van der Waals surface area contributed by atoms with Gasteiger partial charge in [0.25, 0.3) is 0 Å². The number of benzene rings is 3. The van der Waals surface area contributed by atoms with Gasteiger partial charge in [0.1, 0.15) is 0 Å². The van der Waals surface area contributed by atoms with Crippen LogP contribution >= 0.6 is 7.14 Å². The quantitative estimate of drug-likeness (QED) is 0.680. The van der Waals surface area contributed by atoms with Gasteiger partial charge in [-0.1, -0.05) is 91.0 Å². The molecule has 3 aromatic carbocycles. The van der Waals surface area contributed by atoms with Crippen LogP contribution in [0.5, 0.6) is 0 Å². The number of rotatable bonds is 6. The lowest BCUT2D eigenvalue weighted by Gasteiger charge is -2.23. The standard InChI is InChI=1S/C21H22NOP/c1-18(19-11-5-2-6-12-19)22-17-24(23,20-13-7-3-8-14-20)21-15-9-4-10-16-21/h2-16,18,22H,17H2,1H3/t18-/m0/s1. The molecule has 1 atom stereocenters. The minimum absolute atomic E-state index is 0.145. The number of hydrogen-bond donors (Lipinski definition) is 1. The van der Waals surface area contributed by atoms with Gasteiger partial charge in [0.15, 0.2) is 7.14 Å². The first-order valence-electron chi connectivity index (χ1n) is 8.19. The molecule has 0 aromatic heterocycles. The summed E-state index contributed by atoms with van der Waals surface area (Å²) >= 11 is 0. The Morgan fingerprint density at radius 2 is 1.17 bits per heavy atom. The second-order valence-corrected chi connectivity index (χ2v) is 8.73. The van der Waals surface area contributed by atoms with Crippen molar-refractivity contribution in [3.05, 3.63) is 96.6 Å². The molecule has 0 heterocycles. The summed E-state index contributed by atoms with van der Waals surface area (Å²) in [5.41, 5.74) is 1.20. The monoisotopic (exact) mass is 335 g/mol. The largest absolute Gasteiger partial charge is 0.312 e. The topological polar surface area (TPSA) is 29.1 Å². The molecule has 0 bridgehead atoms. The van der Waals surface area contributed by atoms with Gasteiger partial charge in [-0.05, 0) is 12.5 Å². The molecule has 3 aromatic rings. The maximum atomic E-state index is 13.9. The van der Waals surface area contributed by atoms with Crippen LogP contribution < -0.4 is 15.9 Å². The normalized spacial score (nSPS) is 12.7. The van der Waals surface area contributed by atoms with Crippen molar-refractivity contribution < 1.29 is 4.57 Å². The van der Waals surface area contributed by atoms with E-state index >= 15 is 0 Å². The zero-order chi connectivity index (χ0) is 16.8. The third-order valence-corrected chi connectivity index (χ3v) is 7.16. The Morgan fingerprint density at radius 3 is 1.62 bits per heavy atom. The molecule has 0 fully saturated rings. The van der Waals surface area contributed by atoms with E-state index in [4.69, 9.17) is 0 Å². The van der Waals surface area contributed by atoms with Crippen LogP contribution in [0.25, 0.3) is 0 Å². The minimum atomic E-state index is -2.71. The van der Waals surface area contributed by atoms with Crippen molar-refractivity contribution in [1.29, 1.82) is 0 Å². The van der Waals surface area contributed by atoms with E-state index in [-0.39, 0.29) is 6.04 Å². The molecule has 0 aliphatic heterocycles. The van der Waals surface area contributed by atoms with Gasteiger partial charge in [0.05, 0.1) is 6.29 Å². The molecule has 122 valence electrons. The molecule has 0 amide bonds. The highest BCUT2D eigenvalue weighted by Gasteiger charge is 2.27. The zero-order valence-electron chi connectivity index (χ0n) is 13.8. The molecule has 0 radical (unpaired) electrons. The van der Waals surface area contributed by atoms with Crippen molar-refractivity contribution in [2.45, 2.75) is 13.0 Å².